The highest BCUT2D eigenvalue weighted by atomic mass is 16.5. The van der Waals surface area contributed by atoms with Gasteiger partial charge in [-0.2, -0.15) is 5.10 Å². The molecule has 4 saturated carbocycles. The van der Waals surface area contributed by atoms with E-state index >= 15 is 0 Å². The first kappa shape index (κ1) is 16.8. The second-order valence-corrected chi connectivity index (χ2v) is 8.85. The van der Waals surface area contributed by atoms with E-state index in [9.17, 15) is 9.59 Å². The van der Waals surface area contributed by atoms with Crippen molar-refractivity contribution < 1.29 is 14.3 Å². The number of hydrogen-bond acceptors (Lipinski definition) is 4. The molecule has 27 heavy (non-hydrogen) atoms. The maximum atomic E-state index is 12.8. The van der Waals surface area contributed by atoms with E-state index in [4.69, 9.17) is 4.74 Å². The molecule has 0 aliphatic heterocycles. The van der Waals surface area contributed by atoms with Crippen LogP contribution in [0, 0.1) is 17.8 Å². The number of H-pyrrole nitrogens is 1. The van der Waals surface area contributed by atoms with E-state index in [1.54, 1.807) is 6.92 Å². The van der Waals surface area contributed by atoms with Crippen LogP contribution in [0.25, 0.3) is 10.9 Å². The summed E-state index contributed by atoms with van der Waals surface area (Å²) in [4.78, 5) is 25.3. The smallest absolute Gasteiger partial charge is 0.360 e. The van der Waals surface area contributed by atoms with Crippen LogP contribution >= 0.6 is 0 Å². The number of carbonyl (C=O) groups is 2. The number of aromatic amines is 1. The van der Waals surface area contributed by atoms with Gasteiger partial charge in [0.25, 0.3) is 5.91 Å². The quantitative estimate of drug-likeness (QED) is 0.813. The molecule has 0 radical (unpaired) electrons. The van der Waals surface area contributed by atoms with Crippen molar-refractivity contribution in [2.75, 3.05) is 0 Å². The van der Waals surface area contributed by atoms with Gasteiger partial charge in [-0.05, 0) is 69.3 Å². The van der Waals surface area contributed by atoms with Gasteiger partial charge in [0.05, 0.1) is 5.52 Å². The van der Waals surface area contributed by atoms with Crippen LogP contribution in [-0.2, 0) is 9.53 Å². The predicted octanol–water partition coefficient (Wildman–Crippen LogP) is 3.19. The maximum absolute atomic E-state index is 12.8. The molecule has 1 aromatic carbocycles. The number of nitrogens with one attached hydrogen (secondary N) is 2. The Kier molecular flexibility index (Phi) is 3.78. The summed E-state index contributed by atoms with van der Waals surface area (Å²) in [6, 6.07) is 7.38. The number of benzene rings is 1. The Labute approximate surface area is 158 Å². The molecule has 6 rings (SSSR count). The summed E-state index contributed by atoms with van der Waals surface area (Å²) >= 11 is 0. The zero-order chi connectivity index (χ0) is 18.6. The SMILES string of the molecule is C[C@@H](OC(=O)c1n[nH]c2ccccc12)C(=O)NC12CC3CC(CC(C3)C1)C2. The van der Waals surface area contributed by atoms with Gasteiger partial charge >= 0.3 is 5.97 Å². The number of rotatable bonds is 4. The molecule has 0 spiro atoms. The summed E-state index contributed by atoms with van der Waals surface area (Å²) in [6.07, 6.45) is 6.38. The van der Waals surface area contributed by atoms with Crippen LogP contribution in [0.2, 0.25) is 0 Å². The first-order chi connectivity index (χ1) is 13.0. The molecule has 6 heteroatoms. The summed E-state index contributed by atoms with van der Waals surface area (Å²) in [7, 11) is 0. The number of carbonyl (C=O) groups excluding carboxylic acids is 2. The third kappa shape index (κ3) is 2.91. The normalized spacial score (nSPS) is 32.4. The average Bonchev–Trinajstić information content (AvgIpc) is 3.04. The van der Waals surface area contributed by atoms with Crippen LogP contribution in [0.3, 0.4) is 0 Å². The van der Waals surface area contributed by atoms with Crippen LogP contribution in [-0.4, -0.2) is 33.7 Å². The van der Waals surface area contributed by atoms with Crippen molar-refractivity contribution in [3.05, 3.63) is 30.0 Å². The molecule has 4 aliphatic carbocycles. The van der Waals surface area contributed by atoms with E-state index in [-0.39, 0.29) is 17.1 Å². The van der Waals surface area contributed by atoms with E-state index in [1.807, 2.05) is 24.3 Å². The minimum Gasteiger partial charge on any atom is -0.448 e. The van der Waals surface area contributed by atoms with Crippen molar-refractivity contribution in [3.8, 4) is 0 Å². The Balaban J connectivity index is 1.26. The number of esters is 1. The van der Waals surface area contributed by atoms with Crippen LogP contribution in [0.1, 0.15) is 55.9 Å². The van der Waals surface area contributed by atoms with Gasteiger partial charge in [-0.3, -0.25) is 9.89 Å². The van der Waals surface area contributed by atoms with Crippen LogP contribution in [0.5, 0.6) is 0 Å². The average molecular weight is 367 g/mol. The molecule has 4 aliphatic rings. The van der Waals surface area contributed by atoms with Crippen molar-refractivity contribution >= 4 is 22.8 Å². The number of para-hydroxylation sites is 1. The molecular formula is C21H25N3O3. The molecule has 4 bridgehead atoms. The van der Waals surface area contributed by atoms with Crippen LogP contribution < -0.4 is 5.32 Å². The number of fused-ring (bicyclic) bond motifs is 1. The standard InChI is InChI=1S/C21H25N3O3/c1-12(27-20(26)18-16-4-2-3-5-17(16)23-24-18)19(25)22-21-9-13-6-14(10-21)8-15(7-13)11-21/h2-5,12-15H,6-11H2,1H3,(H,22,25)(H,23,24)/t12-,13?,14?,15?,21?/m1/s1. The fourth-order valence-corrected chi connectivity index (χ4v) is 6.02. The topological polar surface area (TPSA) is 84.1 Å². The molecule has 0 saturated heterocycles. The Morgan fingerprint density at radius 2 is 1.78 bits per heavy atom. The highest BCUT2D eigenvalue weighted by Gasteiger charge is 2.51. The lowest BCUT2D eigenvalue weighted by Gasteiger charge is -2.57. The lowest BCUT2D eigenvalue weighted by atomic mass is 9.53. The summed E-state index contributed by atoms with van der Waals surface area (Å²) in [5.74, 6) is 1.50. The number of nitrogens with zero attached hydrogens (tertiary/aromatic N) is 1. The minimum absolute atomic E-state index is 0.0778. The van der Waals surface area contributed by atoms with Gasteiger partial charge in [-0.15, -0.1) is 0 Å². The number of amides is 1. The highest BCUT2D eigenvalue weighted by molar-refractivity contribution is 6.02. The second-order valence-electron chi connectivity index (χ2n) is 8.85. The molecule has 1 heterocycles. The van der Waals surface area contributed by atoms with E-state index in [1.165, 1.54) is 19.3 Å². The third-order valence-electron chi connectivity index (χ3n) is 6.74. The number of ether oxygens (including phenoxy) is 1. The van der Waals surface area contributed by atoms with Gasteiger partial charge in [-0.1, -0.05) is 18.2 Å². The van der Waals surface area contributed by atoms with Gasteiger partial charge in [0.2, 0.25) is 0 Å². The van der Waals surface area contributed by atoms with Crippen molar-refractivity contribution in [2.45, 2.75) is 57.1 Å². The van der Waals surface area contributed by atoms with Crippen LogP contribution in [0.15, 0.2) is 24.3 Å². The monoisotopic (exact) mass is 367 g/mol. The second kappa shape index (κ2) is 6.08. The van der Waals surface area contributed by atoms with Crippen molar-refractivity contribution in [1.82, 2.24) is 15.5 Å². The minimum atomic E-state index is -0.832. The summed E-state index contributed by atoms with van der Waals surface area (Å²) < 4.78 is 5.45. The highest BCUT2D eigenvalue weighted by Crippen LogP contribution is 2.55. The van der Waals surface area contributed by atoms with Crippen LogP contribution in [0.4, 0.5) is 0 Å². The zero-order valence-corrected chi connectivity index (χ0v) is 15.5. The Hall–Kier alpha value is -2.37. The summed E-state index contributed by atoms with van der Waals surface area (Å²) in [5.41, 5.74) is 0.918. The fraction of sp³-hybridized carbons (Fsp3) is 0.571. The summed E-state index contributed by atoms with van der Waals surface area (Å²) in [6.45, 7) is 1.64. The van der Waals surface area contributed by atoms with E-state index in [0.29, 0.717) is 5.39 Å². The molecule has 1 atom stereocenters. The molecule has 1 amide bonds. The molecule has 142 valence electrons. The van der Waals surface area contributed by atoms with Gasteiger partial charge in [-0.25, -0.2) is 4.79 Å². The van der Waals surface area contributed by atoms with E-state index < -0.39 is 12.1 Å². The molecule has 4 fully saturated rings. The van der Waals surface area contributed by atoms with Gasteiger partial charge < -0.3 is 10.1 Å². The molecule has 1 aromatic heterocycles. The van der Waals surface area contributed by atoms with E-state index in [0.717, 1.165) is 42.5 Å². The third-order valence-corrected chi connectivity index (χ3v) is 6.74. The predicted molar refractivity (Wildman–Crippen MR) is 100 cm³/mol. The molecule has 2 aromatic rings. The van der Waals surface area contributed by atoms with E-state index in [2.05, 4.69) is 15.5 Å². The Morgan fingerprint density at radius 1 is 1.15 bits per heavy atom. The molecular weight excluding hydrogens is 342 g/mol. The summed E-state index contributed by atoms with van der Waals surface area (Å²) in [5, 5.41) is 10.9. The lowest BCUT2D eigenvalue weighted by Crippen LogP contribution is -2.61. The number of hydrogen-bond donors (Lipinski definition) is 2. The largest absolute Gasteiger partial charge is 0.448 e. The molecule has 0 unspecified atom stereocenters. The maximum Gasteiger partial charge on any atom is 0.360 e. The zero-order valence-electron chi connectivity index (χ0n) is 15.5. The molecule has 6 nitrogen and oxygen atoms in total. The first-order valence-electron chi connectivity index (χ1n) is 9.97. The Bertz CT molecular complexity index is 868. The lowest BCUT2D eigenvalue weighted by molar-refractivity contribution is -0.134. The van der Waals surface area contributed by atoms with Gasteiger partial charge in [0.15, 0.2) is 11.8 Å². The van der Waals surface area contributed by atoms with Crippen molar-refractivity contribution in [3.63, 3.8) is 0 Å². The van der Waals surface area contributed by atoms with Crippen molar-refractivity contribution in [1.29, 1.82) is 0 Å². The Morgan fingerprint density at radius 3 is 2.44 bits per heavy atom. The fourth-order valence-electron chi connectivity index (χ4n) is 6.02. The number of aromatic nitrogens is 2. The first-order valence-corrected chi connectivity index (χ1v) is 9.97. The van der Waals surface area contributed by atoms with Gasteiger partial charge in [0.1, 0.15) is 0 Å². The van der Waals surface area contributed by atoms with Crippen molar-refractivity contribution in [2.24, 2.45) is 17.8 Å². The van der Waals surface area contributed by atoms with Gasteiger partial charge in [0, 0.05) is 10.9 Å². The molecule has 2 N–H and O–H groups in total.